The van der Waals surface area contributed by atoms with E-state index in [9.17, 15) is 27.9 Å². The molecule has 1 N–H and O–H groups in total. The summed E-state index contributed by atoms with van der Waals surface area (Å²) in [7, 11) is 0. The van der Waals surface area contributed by atoms with Crippen LogP contribution in [0.5, 0.6) is 0 Å². The summed E-state index contributed by atoms with van der Waals surface area (Å²) in [5.41, 5.74) is 0.0626. The fourth-order valence-corrected chi connectivity index (χ4v) is 3.38. The minimum absolute atomic E-state index is 0.0626. The molecule has 0 radical (unpaired) electrons. The molecule has 2 aliphatic rings. The van der Waals surface area contributed by atoms with Crippen molar-refractivity contribution in [3.05, 3.63) is 35.1 Å². The van der Waals surface area contributed by atoms with E-state index in [4.69, 9.17) is 0 Å². The third-order valence-corrected chi connectivity index (χ3v) is 4.43. The second-order valence-corrected chi connectivity index (χ2v) is 5.85. The van der Waals surface area contributed by atoms with Crippen molar-refractivity contribution >= 4 is 12.0 Å². The van der Waals surface area contributed by atoms with Gasteiger partial charge in [0.2, 0.25) is 5.91 Å². The maximum Gasteiger partial charge on any atom is 0.407 e. The fraction of sp³-hybridized carbons (Fsp3) is 0.467. The Balaban J connectivity index is 2.02. The van der Waals surface area contributed by atoms with Gasteiger partial charge in [-0.2, -0.15) is 0 Å². The Hall–Kier alpha value is -2.25. The lowest BCUT2D eigenvalue weighted by atomic mass is 9.92. The Kier molecular flexibility index (Phi) is 3.91. The van der Waals surface area contributed by atoms with Crippen LogP contribution in [0.25, 0.3) is 0 Å². The monoisotopic (exact) mass is 328 g/mol. The maximum atomic E-state index is 13.5. The smallest absolute Gasteiger partial charge is 0.407 e. The van der Waals surface area contributed by atoms with Gasteiger partial charge in [-0.3, -0.25) is 4.79 Å². The molecule has 0 spiro atoms. The molecule has 0 aromatic heterocycles. The third kappa shape index (κ3) is 2.73. The number of carbonyl (C=O) groups excluding carboxylic acids is 1. The summed E-state index contributed by atoms with van der Waals surface area (Å²) < 4.78 is 40.2. The summed E-state index contributed by atoms with van der Waals surface area (Å²) in [6, 6.07) is 0.505. The Morgan fingerprint density at radius 1 is 1.17 bits per heavy atom. The van der Waals surface area contributed by atoms with E-state index in [1.165, 1.54) is 4.90 Å². The van der Waals surface area contributed by atoms with Crippen LogP contribution in [0.15, 0.2) is 12.1 Å². The fourth-order valence-electron chi connectivity index (χ4n) is 3.38. The van der Waals surface area contributed by atoms with E-state index in [1.54, 1.807) is 0 Å². The molecule has 1 aromatic carbocycles. The molecule has 5 nitrogen and oxygen atoms in total. The van der Waals surface area contributed by atoms with Crippen LogP contribution in [-0.4, -0.2) is 46.0 Å². The van der Waals surface area contributed by atoms with Crippen LogP contribution in [-0.2, 0) is 4.79 Å². The largest absolute Gasteiger partial charge is 0.465 e. The highest BCUT2D eigenvalue weighted by Crippen LogP contribution is 2.35. The number of hydrogen-bond acceptors (Lipinski definition) is 2. The van der Waals surface area contributed by atoms with Crippen LogP contribution >= 0.6 is 0 Å². The average Bonchev–Trinajstić information content (AvgIpc) is 2.51. The van der Waals surface area contributed by atoms with Crippen molar-refractivity contribution in [2.75, 3.05) is 13.1 Å². The number of rotatable bonds is 1. The summed E-state index contributed by atoms with van der Waals surface area (Å²) in [6.45, 7) is 0.0752. The van der Waals surface area contributed by atoms with Gasteiger partial charge in [0, 0.05) is 19.5 Å². The zero-order chi connectivity index (χ0) is 16.7. The second-order valence-electron chi connectivity index (χ2n) is 5.85. The molecule has 0 aliphatic carbocycles. The van der Waals surface area contributed by atoms with Crippen LogP contribution in [0.4, 0.5) is 18.0 Å². The topological polar surface area (TPSA) is 60.9 Å². The molecule has 0 bridgehead atoms. The first-order valence-corrected chi connectivity index (χ1v) is 7.32. The van der Waals surface area contributed by atoms with Gasteiger partial charge in [0.25, 0.3) is 0 Å². The van der Waals surface area contributed by atoms with E-state index < -0.39 is 29.6 Å². The Labute approximate surface area is 130 Å². The lowest BCUT2D eigenvalue weighted by Crippen LogP contribution is -2.59. The van der Waals surface area contributed by atoms with Gasteiger partial charge in [-0.25, -0.2) is 18.0 Å². The van der Waals surface area contributed by atoms with E-state index in [0.717, 1.165) is 17.0 Å². The van der Waals surface area contributed by atoms with E-state index >= 15 is 0 Å². The Morgan fingerprint density at radius 2 is 1.83 bits per heavy atom. The highest BCUT2D eigenvalue weighted by atomic mass is 19.2. The van der Waals surface area contributed by atoms with Crippen molar-refractivity contribution < 1.29 is 27.9 Å². The normalized spacial score (nSPS) is 24.6. The summed E-state index contributed by atoms with van der Waals surface area (Å²) in [5.74, 6) is -4.47. The zero-order valence-electron chi connectivity index (χ0n) is 12.1. The molecule has 2 fully saturated rings. The predicted molar refractivity (Wildman–Crippen MR) is 73.1 cm³/mol. The molecule has 2 atom stereocenters. The van der Waals surface area contributed by atoms with Crippen LogP contribution in [0.2, 0.25) is 0 Å². The van der Waals surface area contributed by atoms with Crippen molar-refractivity contribution in [1.29, 1.82) is 0 Å². The highest BCUT2D eigenvalue weighted by molar-refractivity contribution is 5.78. The third-order valence-electron chi connectivity index (χ3n) is 4.43. The van der Waals surface area contributed by atoms with Gasteiger partial charge in [0.1, 0.15) is 0 Å². The molecule has 124 valence electrons. The molecule has 2 heterocycles. The number of carbonyl (C=O) groups is 2. The molecule has 0 saturated carbocycles. The zero-order valence-corrected chi connectivity index (χ0v) is 12.1. The summed E-state index contributed by atoms with van der Waals surface area (Å²) in [4.78, 5) is 26.1. The van der Waals surface area contributed by atoms with Crippen molar-refractivity contribution in [2.45, 2.75) is 31.3 Å². The van der Waals surface area contributed by atoms with Crippen LogP contribution in [0, 0.1) is 17.5 Å². The molecule has 8 heteroatoms. The van der Waals surface area contributed by atoms with Crippen molar-refractivity contribution in [2.24, 2.45) is 0 Å². The van der Waals surface area contributed by atoms with Crippen LogP contribution < -0.4 is 0 Å². The number of piperidine rings is 1. The lowest BCUT2D eigenvalue weighted by Gasteiger charge is -2.48. The van der Waals surface area contributed by atoms with Crippen molar-refractivity contribution in [3.63, 3.8) is 0 Å². The van der Waals surface area contributed by atoms with Gasteiger partial charge >= 0.3 is 6.09 Å². The number of benzene rings is 1. The molecule has 23 heavy (non-hydrogen) atoms. The Bertz CT molecular complexity index is 644. The molecule has 2 aliphatic heterocycles. The van der Waals surface area contributed by atoms with Crippen LogP contribution in [0.1, 0.15) is 30.9 Å². The van der Waals surface area contributed by atoms with E-state index in [2.05, 4.69) is 0 Å². The molecule has 2 amide bonds. The Morgan fingerprint density at radius 3 is 2.43 bits per heavy atom. The molecular formula is C15H15F3N2O3. The molecular weight excluding hydrogens is 313 g/mol. The first-order valence-electron chi connectivity index (χ1n) is 7.32. The highest BCUT2D eigenvalue weighted by Gasteiger charge is 2.41. The van der Waals surface area contributed by atoms with Gasteiger partial charge < -0.3 is 14.9 Å². The number of carboxylic acid groups (broad SMARTS) is 1. The average molecular weight is 328 g/mol. The molecule has 1 aromatic rings. The van der Waals surface area contributed by atoms with E-state index in [0.29, 0.717) is 19.3 Å². The summed E-state index contributed by atoms with van der Waals surface area (Å²) >= 11 is 0. The maximum absolute atomic E-state index is 13.5. The molecule has 2 saturated heterocycles. The summed E-state index contributed by atoms with van der Waals surface area (Å²) in [6.07, 6.45) is 0.423. The van der Waals surface area contributed by atoms with Gasteiger partial charge in [-0.1, -0.05) is 0 Å². The number of hydrogen-bond donors (Lipinski definition) is 1. The van der Waals surface area contributed by atoms with Crippen molar-refractivity contribution in [1.82, 2.24) is 9.80 Å². The van der Waals surface area contributed by atoms with Gasteiger partial charge in [-0.05, 0) is 30.5 Å². The minimum atomic E-state index is -1.58. The van der Waals surface area contributed by atoms with E-state index in [-0.39, 0.29) is 30.6 Å². The van der Waals surface area contributed by atoms with Crippen LogP contribution in [0.3, 0.4) is 0 Å². The quantitative estimate of drug-likeness (QED) is 0.806. The van der Waals surface area contributed by atoms with Gasteiger partial charge in [0.15, 0.2) is 17.5 Å². The van der Waals surface area contributed by atoms with Crippen molar-refractivity contribution in [3.8, 4) is 0 Å². The molecule has 3 rings (SSSR count). The number of amides is 2. The standard InChI is InChI=1S/C15H15F3N2O3/c16-10-4-8(5-11(17)14(10)18)12-7-19(15(22)23)6-9-2-1-3-13(21)20(9)12/h4-5,9,12H,1-3,6-7H2,(H,22,23)/t9-,12+/m1/s1. The second kappa shape index (κ2) is 5.75. The first kappa shape index (κ1) is 15.6. The summed E-state index contributed by atoms with van der Waals surface area (Å²) in [5, 5.41) is 9.23. The predicted octanol–water partition coefficient (Wildman–Crippen LogP) is 2.52. The van der Waals surface area contributed by atoms with Gasteiger partial charge in [-0.15, -0.1) is 0 Å². The number of fused-ring (bicyclic) bond motifs is 1. The SMILES string of the molecule is O=C(O)N1C[C@H]2CCCC(=O)N2[C@H](c2cc(F)c(F)c(F)c2)C1. The first-order chi connectivity index (χ1) is 10.9. The number of nitrogens with zero attached hydrogens (tertiary/aromatic N) is 2. The number of piperazine rings is 1. The van der Waals surface area contributed by atoms with Gasteiger partial charge in [0.05, 0.1) is 12.1 Å². The lowest BCUT2D eigenvalue weighted by molar-refractivity contribution is -0.143. The minimum Gasteiger partial charge on any atom is -0.465 e. The molecule has 0 unspecified atom stereocenters. The van der Waals surface area contributed by atoms with E-state index in [1.807, 2.05) is 0 Å². The number of halogens is 3.